The summed E-state index contributed by atoms with van der Waals surface area (Å²) in [6.45, 7) is 4.88. The molecular weight excluding hydrogens is 281 g/mol. The molecule has 0 aliphatic carbocycles. The highest BCUT2D eigenvalue weighted by Gasteiger charge is 2.20. The lowest BCUT2D eigenvalue weighted by atomic mass is 10.0. The zero-order valence-electron chi connectivity index (χ0n) is 11.2. The first-order chi connectivity index (χ1) is 9.08. The lowest BCUT2D eigenvalue weighted by molar-refractivity contribution is 0.561. The molecule has 1 N–H and O–H groups in total. The third-order valence-electron chi connectivity index (χ3n) is 3.11. The van der Waals surface area contributed by atoms with Gasteiger partial charge < -0.3 is 5.32 Å². The van der Waals surface area contributed by atoms with E-state index in [2.05, 4.69) is 23.4 Å². The van der Waals surface area contributed by atoms with Crippen LogP contribution in [0.1, 0.15) is 29.9 Å². The quantitative estimate of drug-likeness (QED) is 0.929. The highest BCUT2D eigenvalue weighted by molar-refractivity contribution is 6.42. The summed E-state index contributed by atoms with van der Waals surface area (Å²) in [5.41, 5.74) is 3.05. The van der Waals surface area contributed by atoms with E-state index in [1.165, 1.54) is 0 Å². The van der Waals surface area contributed by atoms with Crippen LogP contribution in [0.3, 0.4) is 0 Å². The largest absolute Gasteiger partial charge is 0.308 e. The van der Waals surface area contributed by atoms with Crippen LogP contribution in [0, 0.1) is 6.92 Å². The summed E-state index contributed by atoms with van der Waals surface area (Å²) in [4.78, 5) is 0. The van der Waals surface area contributed by atoms with Crippen LogP contribution < -0.4 is 5.32 Å². The average Bonchev–Trinajstić information content (AvgIpc) is 2.76. The topological polar surface area (TPSA) is 29.9 Å². The summed E-state index contributed by atoms with van der Waals surface area (Å²) in [6, 6.07) is 7.74. The number of hydrogen-bond acceptors (Lipinski definition) is 2. The van der Waals surface area contributed by atoms with Crippen LogP contribution in [-0.4, -0.2) is 16.8 Å². The molecule has 0 aliphatic heterocycles. The molecule has 1 atom stereocenters. The second-order valence-electron chi connectivity index (χ2n) is 4.39. The van der Waals surface area contributed by atoms with Gasteiger partial charge >= 0.3 is 0 Å². The van der Waals surface area contributed by atoms with Crippen molar-refractivity contribution in [3.05, 3.63) is 51.3 Å². The first-order valence-electron chi connectivity index (χ1n) is 6.24. The second-order valence-corrected chi connectivity index (χ2v) is 5.18. The maximum absolute atomic E-state index is 6.32. The van der Waals surface area contributed by atoms with E-state index < -0.39 is 0 Å². The van der Waals surface area contributed by atoms with E-state index in [1.54, 1.807) is 6.07 Å². The molecule has 1 unspecified atom stereocenters. The van der Waals surface area contributed by atoms with Gasteiger partial charge in [0, 0.05) is 6.54 Å². The molecule has 0 aliphatic rings. The molecule has 1 aromatic heterocycles. The molecular formula is C14H17Cl2N3. The van der Waals surface area contributed by atoms with Gasteiger partial charge in [-0.3, -0.25) is 4.68 Å². The van der Waals surface area contributed by atoms with Gasteiger partial charge in [-0.2, -0.15) is 5.10 Å². The van der Waals surface area contributed by atoms with Gasteiger partial charge in [0.2, 0.25) is 0 Å². The molecule has 102 valence electrons. The Bertz CT molecular complexity index is 578. The summed E-state index contributed by atoms with van der Waals surface area (Å²) in [7, 11) is 1.91. The van der Waals surface area contributed by atoms with Crippen molar-refractivity contribution in [2.24, 2.45) is 0 Å². The average molecular weight is 298 g/mol. The Morgan fingerprint density at radius 3 is 2.74 bits per heavy atom. The molecule has 0 bridgehead atoms. The fraction of sp³-hybridized carbons (Fsp3) is 0.357. The van der Waals surface area contributed by atoms with Crippen molar-refractivity contribution in [1.29, 1.82) is 0 Å². The molecule has 19 heavy (non-hydrogen) atoms. The van der Waals surface area contributed by atoms with Crippen LogP contribution in [0.5, 0.6) is 0 Å². The SMILES string of the molecule is CCn1nc(C)cc1C(NC)c1cccc(Cl)c1Cl. The van der Waals surface area contributed by atoms with Crippen molar-refractivity contribution >= 4 is 23.2 Å². The van der Waals surface area contributed by atoms with E-state index in [1.807, 2.05) is 30.8 Å². The molecule has 2 aromatic rings. The third kappa shape index (κ3) is 2.78. The number of nitrogens with one attached hydrogen (secondary N) is 1. The van der Waals surface area contributed by atoms with E-state index in [0.717, 1.165) is 23.5 Å². The predicted molar refractivity (Wildman–Crippen MR) is 80.0 cm³/mol. The summed E-state index contributed by atoms with van der Waals surface area (Å²) in [5, 5.41) is 8.92. The van der Waals surface area contributed by atoms with E-state index in [4.69, 9.17) is 23.2 Å². The Hall–Kier alpha value is -1.03. The number of hydrogen-bond donors (Lipinski definition) is 1. The van der Waals surface area contributed by atoms with Crippen LogP contribution in [0.4, 0.5) is 0 Å². The van der Waals surface area contributed by atoms with E-state index >= 15 is 0 Å². The van der Waals surface area contributed by atoms with E-state index in [-0.39, 0.29) is 6.04 Å². The van der Waals surface area contributed by atoms with Crippen LogP contribution >= 0.6 is 23.2 Å². The Morgan fingerprint density at radius 2 is 2.11 bits per heavy atom. The molecule has 1 heterocycles. The first-order valence-corrected chi connectivity index (χ1v) is 6.99. The monoisotopic (exact) mass is 297 g/mol. The van der Waals surface area contributed by atoms with Crippen molar-refractivity contribution in [2.45, 2.75) is 26.4 Å². The lowest BCUT2D eigenvalue weighted by Gasteiger charge is -2.19. The van der Waals surface area contributed by atoms with Gasteiger partial charge in [-0.05, 0) is 38.6 Å². The Balaban J connectivity index is 2.53. The predicted octanol–water partition coefficient (Wildman–Crippen LogP) is 3.83. The minimum Gasteiger partial charge on any atom is -0.308 e. The molecule has 0 spiro atoms. The third-order valence-corrected chi connectivity index (χ3v) is 3.94. The second kappa shape index (κ2) is 5.95. The maximum Gasteiger partial charge on any atom is 0.0760 e. The van der Waals surface area contributed by atoms with Crippen LogP contribution in [0.15, 0.2) is 24.3 Å². The number of halogens is 2. The van der Waals surface area contributed by atoms with E-state index in [0.29, 0.717) is 10.0 Å². The van der Waals surface area contributed by atoms with Crippen molar-refractivity contribution in [2.75, 3.05) is 7.05 Å². The van der Waals surface area contributed by atoms with Gasteiger partial charge in [-0.25, -0.2) is 0 Å². The fourth-order valence-electron chi connectivity index (χ4n) is 2.26. The van der Waals surface area contributed by atoms with Crippen molar-refractivity contribution in [3.63, 3.8) is 0 Å². The van der Waals surface area contributed by atoms with Gasteiger partial charge in [0.25, 0.3) is 0 Å². The number of nitrogens with zero attached hydrogens (tertiary/aromatic N) is 2. The Morgan fingerprint density at radius 1 is 1.37 bits per heavy atom. The number of aromatic nitrogens is 2. The van der Waals surface area contributed by atoms with Gasteiger partial charge in [0.15, 0.2) is 0 Å². The summed E-state index contributed by atoms with van der Waals surface area (Å²) in [5.74, 6) is 0. The zero-order chi connectivity index (χ0) is 14.0. The van der Waals surface area contributed by atoms with Crippen LogP contribution in [-0.2, 0) is 6.54 Å². The van der Waals surface area contributed by atoms with Gasteiger partial charge in [-0.1, -0.05) is 35.3 Å². The maximum atomic E-state index is 6.32. The van der Waals surface area contributed by atoms with Crippen LogP contribution in [0.25, 0.3) is 0 Å². The summed E-state index contributed by atoms with van der Waals surface area (Å²) in [6.07, 6.45) is 0. The van der Waals surface area contributed by atoms with Gasteiger partial charge in [-0.15, -0.1) is 0 Å². The molecule has 3 nitrogen and oxygen atoms in total. The summed E-state index contributed by atoms with van der Waals surface area (Å²) >= 11 is 12.4. The zero-order valence-corrected chi connectivity index (χ0v) is 12.8. The minimum absolute atomic E-state index is 0.0210. The fourth-order valence-corrected chi connectivity index (χ4v) is 2.67. The van der Waals surface area contributed by atoms with Crippen molar-refractivity contribution < 1.29 is 0 Å². The molecule has 1 aromatic carbocycles. The highest BCUT2D eigenvalue weighted by Crippen LogP contribution is 2.33. The normalized spacial score (nSPS) is 12.7. The molecule has 0 radical (unpaired) electrons. The number of aryl methyl sites for hydroxylation is 2. The molecule has 0 fully saturated rings. The van der Waals surface area contributed by atoms with Crippen molar-refractivity contribution in [1.82, 2.24) is 15.1 Å². The summed E-state index contributed by atoms with van der Waals surface area (Å²) < 4.78 is 1.98. The lowest BCUT2D eigenvalue weighted by Crippen LogP contribution is -2.21. The minimum atomic E-state index is -0.0210. The Labute approximate surface area is 123 Å². The van der Waals surface area contributed by atoms with Crippen molar-refractivity contribution in [3.8, 4) is 0 Å². The Kier molecular flexibility index (Phi) is 4.50. The number of rotatable bonds is 4. The molecule has 0 saturated carbocycles. The smallest absolute Gasteiger partial charge is 0.0760 e. The number of benzene rings is 1. The highest BCUT2D eigenvalue weighted by atomic mass is 35.5. The molecule has 2 rings (SSSR count). The van der Waals surface area contributed by atoms with Gasteiger partial charge in [0.05, 0.1) is 27.5 Å². The van der Waals surface area contributed by atoms with Gasteiger partial charge in [0.1, 0.15) is 0 Å². The standard InChI is InChI=1S/C14H17Cl2N3/c1-4-19-12(8-9(2)18-19)14(17-3)10-6-5-7-11(15)13(10)16/h5-8,14,17H,4H2,1-3H3. The molecule has 0 amide bonds. The molecule has 5 heteroatoms. The van der Waals surface area contributed by atoms with E-state index in [9.17, 15) is 0 Å². The van der Waals surface area contributed by atoms with Crippen LogP contribution in [0.2, 0.25) is 10.0 Å². The first kappa shape index (κ1) is 14.4. The molecule has 0 saturated heterocycles.